The van der Waals surface area contributed by atoms with Crippen molar-refractivity contribution in [2.24, 2.45) is 0 Å². The number of fused-ring (bicyclic) bond motifs is 1. The molecule has 2 heterocycles. The number of benzene rings is 1. The van der Waals surface area contributed by atoms with Gasteiger partial charge in [-0.2, -0.15) is 8.78 Å². The molecular weight excluding hydrogens is 408 g/mol. The van der Waals surface area contributed by atoms with Crippen LogP contribution in [0.4, 0.5) is 14.5 Å². The first-order valence-corrected chi connectivity index (χ1v) is 9.86. The largest absolute Gasteiger partial charge is 0.433 e. The molecule has 1 aliphatic carbocycles. The van der Waals surface area contributed by atoms with E-state index in [1.54, 1.807) is 0 Å². The van der Waals surface area contributed by atoms with E-state index in [0.29, 0.717) is 16.5 Å². The summed E-state index contributed by atoms with van der Waals surface area (Å²) in [6.07, 6.45) is 2.21. The number of aromatic nitrogens is 2. The molecule has 0 aliphatic heterocycles. The highest BCUT2D eigenvalue weighted by atomic mass is 35.5. The first-order valence-electron chi connectivity index (χ1n) is 8.67. The molecule has 1 N–H and O–H groups in total. The summed E-state index contributed by atoms with van der Waals surface area (Å²) in [5.74, 6) is 0.816. The lowest BCUT2D eigenvalue weighted by Crippen LogP contribution is -2.11. The molecule has 3 aromatic rings. The molecule has 146 valence electrons. The van der Waals surface area contributed by atoms with Crippen molar-refractivity contribution in [1.82, 2.24) is 9.97 Å². The summed E-state index contributed by atoms with van der Waals surface area (Å²) >= 11 is 7.27. The molecule has 1 amide bonds. The van der Waals surface area contributed by atoms with Gasteiger partial charge in [0.1, 0.15) is 16.4 Å². The van der Waals surface area contributed by atoms with Crippen molar-refractivity contribution in [2.45, 2.75) is 39.2 Å². The monoisotopic (exact) mass is 423 g/mol. The van der Waals surface area contributed by atoms with Crippen LogP contribution in [0.25, 0.3) is 10.2 Å². The second-order valence-corrected chi connectivity index (χ2v) is 8.06. The van der Waals surface area contributed by atoms with Crippen molar-refractivity contribution in [3.8, 4) is 5.75 Å². The Morgan fingerprint density at radius 3 is 2.71 bits per heavy atom. The van der Waals surface area contributed by atoms with E-state index in [0.717, 1.165) is 40.1 Å². The lowest BCUT2D eigenvalue weighted by atomic mass is 10.1. The highest BCUT2D eigenvalue weighted by Gasteiger charge is 2.28. The van der Waals surface area contributed by atoms with Crippen LogP contribution < -0.4 is 10.1 Å². The van der Waals surface area contributed by atoms with Gasteiger partial charge in [0.05, 0.1) is 15.6 Å². The predicted octanol–water partition coefficient (Wildman–Crippen LogP) is 5.69. The van der Waals surface area contributed by atoms with E-state index in [1.165, 1.54) is 29.5 Å². The maximum Gasteiger partial charge on any atom is 0.387 e. The number of hydrogen-bond donors (Lipinski definition) is 1. The number of thiophene rings is 1. The maximum absolute atomic E-state index is 12.8. The number of nitrogens with zero attached hydrogens (tertiary/aromatic N) is 2. The van der Waals surface area contributed by atoms with Crippen LogP contribution in [0.5, 0.6) is 5.75 Å². The molecule has 0 bridgehead atoms. The quantitative estimate of drug-likeness (QED) is 0.572. The number of amides is 1. The molecular formula is C19H16ClF2N3O2S. The molecule has 1 aromatic carbocycles. The molecule has 0 unspecified atom stereocenters. The molecule has 0 saturated heterocycles. The third kappa shape index (κ3) is 3.66. The zero-order chi connectivity index (χ0) is 20.0. The molecule has 4 rings (SSSR count). The number of hydrogen-bond acceptors (Lipinski definition) is 5. The molecule has 1 aliphatic rings. The molecule has 9 heteroatoms. The van der Waals surface area contributed by atoms with Crippen LogP contribution in [-0.2, 0) is 0 Å². The Labute approximate surface area is 168 Å². The highest BCUT2D eigenvalue weighted by Crippen LogP contribution is 2.40. The van der Waals surface area contributed by atoms with Crippen LogP contribution in [0.3, 0.4) is 0 Å². The Hall–Kier alpha value is -2.32. The van der Waals surface area contributed by atoms with E-state index in [1.807, 2.05) is 13.8 Å². The molecule has 28 heavy (non-hydrogen) atoms. The van der Waals surface area contributed by atoms with Crippen LogP contribution in [0, 0.1) is 13.8 Å². The fourth-order valence-corrected chi connectivity index (χ4v) is 4.42. The summed E-state index contributed by atoms with van der Waals surface area (Å²) in [7, 11) is 0. The third-order valence-corrected chi connectivity index (χ3v) is 6.02. The zero-order valence-electron chi connectivity index (χ0n) is 15.1. The zero-order valence-corrected chi connectivity index (χ0v) is 16.6. The Balaban J connectivity index is 1.61. The van der Waals surface area contributed by atoms with Gasteiger partial charge in [-0.15, -0.1) is 11.3 Å². The van der Waals surface area contributed by atoms with Crippen molar-refractivity contribution in [3.05, 3.63) is 45.2 Å². The molecule has 0 atom stereocenters. The van der Waals surface area contributed by atoms with Gasteiger partial charge in [0.25, 0.3) is 5.91 Å². The Morgan fingerprint density at radius 2 is 2.07 bits per heavy atom. The van der Waals surface area contributed by atoms with Crippen molar-refractivity contribution in [3.63, 3.8) is 0 Å². The molecule has 5 nitrogen and oxygen atoms in total. The van der Waals surface area contributed by atoms with Gasteiger partial charge in [0.2, 0.25) is 0 Å². The molecule has 0 spiro atoms. The summed E-state index contributed by atoms with van der Waals surface area (Å²) in [6.45, 7) is 0.829. The second kappa shape index (κ2) is 7.25. The van der Waals surface area contributed by atoms with Crippen LogP contribution in [-0.4, -0.2) is 22.5 Å². The van der Waals surface area contributed by atoms with Gasteiger partial charge < -0.3 is 10.1 Å². The first-order chi connectivity index (χ1) is 13.3. The fourth-order valence-electron chi connectivity index (χ4n) is 3.06. The molecule has 0 radical (unpaired) electrons. The summed E-state index contributed by atoms with van der Waals surface area (Å²) in [5.41, 5.74) is 2.08. The van der Waals surface area contributed by atoms with E-state index < -0.39 is 6.61 Å². The van der Waals surface area contributed by atoms with Crippen LogP contribution in [0.2, 0.25) is 5.02 Å². The number of nitrogens with one attached hydrogen (secondary N) is 1. The predicted molar refractivity (Wildman–Crippen MR) is 105 cm³/mol. The summed E-state index contributed by atoms with van der Waals surface area (Å²) in [6, 6.07) is 4.12. The average Bonchev–Trinajstić information content (AvgIpc) is 3.41. The number of aryl methyl sites for hydroxylation is 2. The number of rotatable bonds is 5. The van der Waals surface area contributed by atoms with Crippen molar-refractivity contribution < 1.29 is 18.3 Å². The Kier molecular flexibility index (Phi) is 4.93. The van der Waals surface area contributed by atoms with Crippen LogP contribution in [0.1, 0.15) is 45.5 Å². The van der Waals surface area contributed by atoms with E-state index in [2.05, 4.69) is 20.0 Å². The first kappa shape index (κ1) is 19.0. The Bertz CT molecular complexity index is 1080. The second-order valence-electron chi connectivity index (χ2n) is 6.66. The number of halogens is 3. The normalized spacial score (nSPS) is 13.9. The van der Waals surface area contributed by atoms with E-state index >= 15 is 0 Å². The highest BCUT2D eigenvalue weighted by molar-refractivity contribution is 7.20. The van der Waals surface area contributed by atoms with Gasteiger partial charge in [0, 0.05) is 17.0 Å². The minimum atomic E-state index is -2.97. The number of carbonyl (C=O) groups is 1. The fraction of sp³-hybridized carbons (Fsp3) is 0.316. The molecule has 1 fully saturated rings. The number of anilines is 1. The minimum Gasteiger partial charge on any atom is -0.433 e. The van der Waals surface area contributed by atoms with Gasteiger partial charge in [0.15, 0.2) is 0 Å². The van der Waals surface area contributed by atoms with E-state index in [9.17, 15) is 13.6 Å². The summed E-state index contributed by atoms with van der Waals surface area (Å²) in [4.78, 5) is 23.3. The van der Waals surface area contributed by atoms with E-state index in [-0.39, 0.29) is 16.7 Å². The smallest absolute Gasteiger partial charge is 0.387 e. The van der Waals surface area contributed by atoms with Gasteiger partial charge in [-0.1, -0.05) is 11.6 Å². The standard InChI is InChI=1S/C19H16ClF2N3O2S/c1-8-14-9(2)23-16(10-3-4-10)25-18(14)28-15(8)17(26)24-11-5-6-13(12(20)7-11)27-19(21)22/h5-7,10,19H,3-4H2,1-2H3,(H,24,26). The van der Waals surface area contributed by atoms with Gasteiger partial charge in [-0.05, 0) is 50.5 Å². The van der Waals surface area contributed by atoms with E-state index in [4.69, 9.17) is 11.6 Å². The maximum atomic E-state index is 12.8. The van der Waals surface area contributed by atoms with Crippen molar-refractivity contribution in [2.75, 3.05) is 5.32 Å². The Morgan fingerprint density at radius 1 is 1.32 bits per heavy atom. The van der Waals surface area contributed by atoms with Gasteiger partial charge >= 0.3 is 6.61 Å². The minimum absolute atomic E-state index is 0.0121. The van der Waals surface area contributed by atoms with Crippen LogP contribution in [0.15, 0.2) is 18.2 Å². The average molecular weight is 424 g/mol. The third-order valence-electron chi connectivity index (χ3n) is 4.54. The number of alkyl halides is 2. The summed E-state index contributed by atoms with van der Waals surface area (Å²) in [5, 5.41) is 3.64. The lowest BCUT2D eigenvalue weighted by Gasteiger charge is -2.09. The SMILES string of the molecule is Cc1nc(C2CC2)nc2sc(C(=O)Nc3ccc(OC(F)F)c(Cl)c3)c(C)c12. The molecule has 2 aromatic heterocycles. The number of carbonyl (C=O) groups excluding carboxylic acids is 1. The van der Waals surface area contributed by atoms with Gasteiger partial charge in [-0.25, -0.2) is 9.97 Å². The van der Waals surface area contributed by atoms with Crippen molar-refractivity contribution in [1.29, 1.82) is 0 Å². The van der Waals surface area contributed by atoms with Gasteiger partial charge in [-0.3, -0.25) is 4.79 Å². The number of ether oxygens (including phenoxy) is 1. The van der Waals surface area contributed by atoms with Crippen LogP contribution >= 0.6 is 22.9 Å². The summed E-state index contributed by atoms with van der Waals surface area (Å²) < 4.78 is 29.0. The van der Waals surface area contributed by atoms with Crippen molar-refractivity contribution >= 4 is 44.7 Å². The molecule has 1 saturated carbocycles. The topological polar surface area (TPSA) is 64.1 Å². The lowest BCUT2D eigenvalue weighted by molar-refractivity contribution is -0.0497.